The highest BCUT2D eigenvalue weighted by Gasteiger charge is 2.42. The number of ketones is 1. The van der Waals surface area contributed by atoms with Gasteiger partial charge in [-0.05, 0) is 26.2 Å². The van der Waals surface area contributed by atoms with Crippen LogP contribution in [0.3, 0.4) is 0 Å². The van der Waals surface area contributed by atoms with Gasteiger partial charge in [0, 0.05) is 19.4 Å². The Hall–Kier alpha value is -0.860. The van der Waals surface area contributed by atoms with Crippen molar-refractivity contribution < 1.29 is 9.59 Å². The average Bonchev–Trinajstić information content (AvgIpc) is 2.39. The summed E-state index contributed by atoms with van der Waals surface area (Å²) in [5, 5.41) is 0. The number of hydrogen-bond acceptors (Lipinski definition) is 2. The van der Waals surface area contributed by atoms with Crippen molar-refractivity contribution in [1.29, 1.82) is 0 Å². The molecule has 1 heterocycles. The fourth-order valence-corrected chi connectivity index (χ4v) is 2.63. The molecule has 0 unspecified atom stereocenters. The van der Waals surface area contributed by atoms with Gasteiger partial charge in [-0.15, -0.1) is 0 Å². The minimum absolute atomic E-state index is 0.169. The molecule has 1 aliphatic carbocycles. The molecule has 1 amide bonds. The lowest BCUT2D eigenvalue weighted by Crippen LogP contribution is -2.46. The molecular formula is C13H21NO2. The van der Waals surface area contributed by atoms with E-state index >= 15 is 0 Å². The van der Waals surface area contributed by atoms with Gasteiger partial charge in [-0.1, -0.05) is 19.3 Å². The van der Waals surface area contributed by atoms with Crippen LogP contribution < -0.4 is 0 Å². The Balaban J connectivity index is 1.86. The molecular weight excluding hydrogens is 202 g/mol. The van der Waals surface area contributed by atoms with Crippen molar-refractivity contribution in [1.82, 2.24) is 4.90 Å². The van der Waals surface area contributed by atoms with Crippen molar-refractivity contribution in [2.75, 3.05) is 6.54 Å². The summed E-state index contributed by atoms with van der Waals surface area (Å²) in [6, 6.07) is 0. The lowest BCUT2D eigenvalue weighted by atomic mass is 9.82. The predicted octanol–water partition coefficient (Wildman–Crippen LogP) is 2.15. The summed E-state index contributed by atoms with van der Waals surface area (Å²) >= 11 is 0. The number of Topliss-reactive ketones (excluding diaryl/α,β-unsaturated/α-hetero) is 1. The van der Waals surface area contributed by atoms with E-state index < -0.39 is 5.54 Å². The van der Waals surface area contributed by atoms with Crippen LogP contribution in [0.15, 0.2) is 0 Å². The monoisotopic (exact) mass is 223 g/mol. The Morgan fingerprint density at radius 1 is 1.44 bits per heavy atom. The molecule has 0 aromatic heterocycles. The highest BCUT2D eigenvalue weighted by atomic mass is 16.2. The first kappa shape index (κ1) is 11.6. The van der Waals surface area contributed by atoms with Gasteiger partial charge in [0.2, 0.25) is 5.91 Å². The molecule has 3 nitrogen and oxygen atoms in total. The van der Waals surface area contributed by atoms with Gasteiger partial charge < -0.3 is 4.90 Å². The zero-order valence-electron chi connectivity index (χ0n) is 10.3. The maximum Gasteiger partial charge on any atom is 0.223 e. The molecule has 0 aromatic rings. The van der Waals surface area contributed by atoms with E-state index in [4.69, 9.17) is 0 Å². The molecule has 2 rings (SSSR count). The Labute approximate surface area is 97.2 Å². The van der Waals surface area contributed by atoms with E-state index in [-0.39, 0.29) is 11.7 Å². The number of carbonyl (C=O) groups is 2. The molecule has 1 saturated carbocycles. The normalized spacial score (nSPS) is 24.6. The molecule has 1 saturated heterocycles. The molecule has 3 heteroatoms. The Morgan fingerprint density at radius 3 is 2.56 bits per heavy atom. The van der Waals surface area contributed by atoms with Gasteiger partial charge in [-0.2, -0.15) is 0 Å². The van der Waals surface area contributed by atoms with Crippen LogP contribution in [0.5, 0.6) is 0 Å². The second-order valence-corrected chi connectivity index (χ2v) is 5.61. The van der Waals surface area contributed by atoms with E-state index in [1.807, 2.05) is 13.8 Å². The Morgan fingerprint density at radius 2 is 2.12 bits per heavy atom. The maximum atomic E-state index is 12.0. The molecule has 2 aliphatic rings. The summed E-state index contributed by atoms with van der Waals surface area (Å²) in [6.07, 6.45) is 6.07. The molecule has 0 aromatic carbocycles. The summed E-state index contributed by atoms with van der Waals surface area (Å²) in [5.41, 5.74) is -0.559. The summed E-state index contributed by atoms with van der Waals surface area (Å²) in [5.74, 6) is 1.14. The number of likely N-dealkylation sites (tertiary alicyclic amines) is 1. The van der Waals surface area contributed by atoms with Crippen LogP contribution in [0.2, 0.25) is 0 Å². The van der Waals surface area contributed by atoms with E-state index in [9.17, 15) is 9.59 Å². The van der Waals surface area contributed by atoms with Gasteiger partial charge in [-0.3, -0.25) is 9.59 Å². The van der Waals surface area contributed by atoms with Gasteiger partial charge in [0.25, 0.3) is 0 Å². The van der Waals surface area contributed by atoms with Crippen LogP contribution in [0.25, 0.3) is 0 Å². The van der Waals surface area contributed by atoms with Gasteiger partial charge in [0.05, 0.1) is 5.54 Å². The standard InChI is InChI=1S/C13H21NO2/c1-13(2)11(15)8-9-14(13)12(16)7-6-10-4-3-5-10/h10H,3-9H2,1-2H3. The molecule has 0 atom stereocenters. The first-order valence-electron chi connectivity index (χ1n) is 6.35. The van der Waals surface area contributed by atoms with Crippen molar-refractivity contribution in [3.05, 3.63) is 0 Å². The highest BCUT2D eigenvalue weighted by Crippen LogP contribution is 2.32. The molecule has 2 fully saturated rings. The van der Waals surface area contributed by atoms with Gasteiger partial charge in [0.1, 0.15) is 0 Å². The summed E-state index contributed by atoms with van der Waals surface area (Å²) in [6.45, 7) is 4.35. The van der Waals surface area contributed by atoms with Crippen LogP contribution in [-0.2, 0) is 9.59 Å². The third-order valence-corrected chi connectivity index (χ3v) is 4.21. The van der Waals surface area contributed by atoms with E-state index in [0.29, 0.717) is 19.4 Å². The van der Waals surface area contributed by atoms with Crippen molar-refractivity contribution in [3.8, 4) is 0 Å². The molecule has 1 aliphatic heterocycles. The first-order chi connectivity index (χ1) is 7.51. The fraction of sp³-hybridized carbons (Fsp3) is 0.846. The van der Waals surface area contributed by atoms with E-state index in [2.05, 4.69) is 0 Å². The molecule has 90 valence electrons. The molecule has 0 bridgehead atoms. The summed E-state index contributed by atoms with van der Waals surface area (Å²) in [4.78, 5) is 25.4. The quantitative estimate of drug-likeness (QED) is 0.735. The molecule has 16 heavy (non-hydrogen) atoms. The first-order valence-corrected chi connectivity index (χ1v) is 6.35. The average molecular weight is 223 g/mol. The predicted molar refractivity (Wildman–Crippen MR) is 62.0 cm³/mol. The van der Waals surface area contributed by atoms with Gasteiger partial charge in [0.15, 0.2) is 5.78 Å². The summed E-state index contributed by atoms with van der Waals surface area (Å²) < 4.78 is 0. The SMILES string of the molecule is CC1(C)C(=O)CCN1C(=O)CCC1CCC1. The number of amides is 1. The van der Waals surface area contributed by atoms with Gasteiger partial charge in [-0.25, -0.2) is 0 Å². The Bertz CT molecular complexity index is 305. The fourth-order valence-electron chi connectivity index (χ4n) is 2.63. The van der Waals surface area contributed by atoms with Crippen LogP contribution in [0.1, 0.15) is 52.4 Å². The minimum Gasteiger partial charge on any atom is -0.330 e. The third-order valence-electron chi connectivity index (χ3n) is 4.21. The highest BCUT2D eigenvalue weighted by molar-refractivity contribution is 5.95. The number of carbonyl (C=O) groups excluding carboxylic acids is 2. The van der Waals surface area contributed by atoms with Crippen molar-refractivity contribution in [2.24, 2.45) is 5.92 Å². The van der Waals surface area contributed by atoms with E-state index in [0.717, 1.165) is 12.3 Å². The van der Waals surface area contributed by atoms with Crippen LogP contribution in [-0.4, -0.2) is 28.7 Å². The van der Waals surface area contributed by atoms with Crippen LogP contribution in [0.4, 0.5) is 0 Å². The topological polar surface area (TPSA) is 37.4 Å². The van der Waals surface area contributed by atoms with E-state index in [1.54, 1.807) is 4.90 Å². The third kappa shape index (κ3) is 2.00. The zero-order chi connectivity index (χ0) is 11.8. The lowest BCUT2D eigenvalue weighted by molar-refractivity contribution is -0.139. The van der Waals surface area contributed by atoms with Crippen molar-refractivity contribution in [3.63, 3.8) is 0 Å². The number of hydrogen-bond donors (Lipinski definition) is 0. The molecule has 0 radical (unpaired) electrons. The smallest absolute Gasteiger partial charge is 0.223 e. The van der Waals surface area contributed by atoms with Crippen LogP contribution >= 0.6 is 0 Å². The van der Waals surface area contributed by atoms with Gasteiger partial charge >= 0.3 is 0 Å². The summed E-state index contributed by atoms with van der Waals surface area (Å²) in [7, 11) is 0. The Kier molecular flexibility index (Phi) is 3.04. The second kappa shape index (κ2) is 4.19. The minimum atomic E-state index is -0.559. The molecule has 0 N–H and O–H groups in total. The second-order valence-electron chi connectivity index (χ2n) is 5.61. The van der Waals surface area contributed by atoms with Crippen molar-refractivity contribution >= 4 is 11.7 Å². The number of rotatable bonds is 3. The maximum absolute atomic E-state index is 12.0. The number of nitrogens with zero attached hydrogens (tertiary/aromatic N) is 1. The molecule has 0 spiro atoms. The lowest BCUT2D eigenvalue weighted by Gasteiger charge is -2.31. The van der Waals surface area contributed by atoms with Crippen molar-refractivity contribution in [2.45, 2.75) is 57.9 Å². The zero-order valence-corrected chi connectivity index (χ0v) is 10.3. The largest absolute Gasteiger partial charge is 0.330 e. The van der Waals surface area contributed by atoms with E-state index in [1.165, 1.54) is 19.3 Å². The van der Waals surface area contributed by atoms with Crippen LogP contribution in [0, 0.1) is 5.92 Å².